The van der Waals surface area contributed by atoms with Gasteiger partial charge in [-0.1, -0.05) is 0 Å². The maximum absolute atomic E-state index is 11.4. The number of hydrogen-bond acceptors (Lipinski definition) is 4. The number of carboxylic acid groups (broad SMARTS) is 1. The summed E-state index contributed by atoms with van der Waals surface area (Å²) in [5.74, 6) is -2.42. The summed E-state index contributed by atoms with van der Waals surface area (Å²) in [5, 5.41) is 12.1. The second-order valence-electron chi connectivity index (χ2n) is 3.87. The van der Waals surface area contributed by atoms with Crippen LogP contribution >= 0.6 is 0 Å². The Hall–Kier alpha value is -1.10. The van der Waals surface area contributed by atoms with Crippen molar-refractivity contribution in [2.75, 3.05) is 7.11 Å². The van der Waals surface area contributed by atoms with Crippen LogP contribution in [-0.4, -0.2) is 36.2 Å². The molecule has 0 unspecified atom stereocenters. The molecule has 0 aliphatic carbocycles. The van der Waals surface area contributed by atoms with E-state index in [1.54, 1.807) is 0 Å². The van der Waals surface area contributed by atoms with Crippen LogP contribution in [0.1, 0.15) is 12.8 Å². The molecule has 0 saturated carbocycles. The highest BCUT2D eigenvalue weighted by Crippen LogP contribution is 2.39. The van der Waals surface area contributed by atoms with Crippen molar-refractivity contribution in [3.05, 3.63) is 0 Å². The number of aliphatic carboxylic acids is 1. The third kappa shape index (κ3) is 1.19. The van der Waals surface area contributed by atoms with E-state index in [0.717, 1.165) is 12.8 Å². The summed E-state index contributed by atoms with van der Waals surface area (Å²) in [6.45, 7) is 0. The predicted molar refractivity (Wildman–Crippen MR) is 46.6 cm³/mol. The van der Waals surface area contributed by atoms with Crippen LogP contribution in [0.15, 0.2) is 0 Å². The summed E-state index contributed by atoms with van der Waals surface area (Å²) >= 11 is 0. The zero-order valence-corrected chi connectivity index (χ0v) is 7.90. The van der Waals surface area contributed by atoms with E-state index < -0.39 is 23.8 Å². The summed E-state index contributed by atoms with van der Waals surface area (Å²) in [7, 11) is 1.30. The van der Waals surface area contributed by atoms with E-state index in [1.165, 1.54) is 7.11 Å². The number of carbonyl (C=O) groups excluding carboxylic acids is 1. The average molecular weight is 199 g/mol. The smallest absolute Gasteiger partial charge is 0.311 e. The number of nitrogens with one attached hydrogen (secondary N) is 1. The van der Waals surface area contributed by atoms with Crippen LogP contribution in [-0.2, 0) is 14.3 Å². The lowest BCUT2D eigenvalue weighted by Gasteiger charge is -2.23. The van der Waals surface area contributed by atoms with Gasteiger partial charge in [-0.15, -0.1) is 0 Å². The second kappa shape index (κ2) is 3.24. The lowest BCUT2D eigenvalue weighted by molar-refractivity contribution is -0.156. The lowest BCUT2D eigenvalue weighted by atomic mass is 9.79. The van der Waals surface area contributed by atoms with Gasteiger partial charge in [0.2, 0.25) is 0 Å². The molecule has 2 aliphatic rings. The first-order valence-electron chi connectivity index (χ1n) is 4.72. The van der Waals surface area contributed by atoms with Gasteiger partial charge in [0.05, 0.1) is 18.9 Å². The number of carbonyl (C=O) groups is 2. The third-order valence-electron chi connectivity index (χ3n) is 3.23. The molecule has 5 nitrogen and oxygen atoms in total. The van der Waals surface area contributed by atoms with Gasteiger partial charge in [0.15, 0.2) is 0 Å². The quantitative estimate of drug-likeness (QED) is 0.592. The van der Waals surface area contributed by atoms with E-state index in [-0.39, 0.29) is 12.1 Å². The second-order valence-corrected chi connectivity index (χ2v) is 3.87. The normalized spacial score (nSPS) is 39.8. The molecular weight excluding hydrogens is 186 g/mol. The van der Waals surface area contributed by atoms with Crippen molar-refractivity contribution in [1.82, 2.24) is 5.32 Å². The molecule has 2 fully saturated rings. The molecule has 2 heterocycles. The molecule has 2 saturated heterocycles. The summed E-state index contributed by atoms with van der Waals surface area (Å²) in [4.78, 5) is 22.4. The minimum atomic E-state index is -0.903. The van der Waals surface area contributed by atoms with Crippen molar-refractivity contribution in [3.8, 4) is 0 Å². The molecule has 0 aromatic heterocycles. The summed E-state index contributed by atoms with van der Waals surface area (Å²) in [5.41, 5.74) is 0. The summed E-state index contributed by atoms with van der Waals surface area (Å²) in [6.07, 6.45) is 1.71. The number of fused-ring (bicyclic) bond motifs is 2. The van der Waals surface area contributed by atoms with Gasteiger partial charge in [0.1, 0.15) is 0 Å². The highest BCUT2D eigenvalue weighted by Gasteiger charge is 2.54. The largest absolute Gasteiger partial charge is 0.481 e. The lowest BCUT2D eigenvalue weighted by Crippen LogP contribution is -2.38. The summed E-state index contributed by atoms with van der Waals surface area (Å²) in [6, 6.07) is -0.0600. The van der Waals surface area contributed by atoms with E-state index in [4.69, 9.17) is 5.11 Å². The fraction of sp³-hybridized carbons (Fsp3) is 0.778. The van der Waals surface area contributed by atoms with Crippen molar-refractivity contribution in [3.63, 3.8) is 0 Å². The molecule has 0 amide bonds. The number of ether oxygens (including phenoxy) is 1. The van der Waals surface area contributed by atoms with E-state index >= 15 is 0 Å². The number of carboxylic acids is 1. The van der Waals surface area contributed by atoms with Gasteiger partial charge in [0.25, 0.3) is 0 Å². The van der Waals surface area contributed by atoms with Crippen LogP contribution in [0.5, 0.6) is 0 Å². The van der Waals surface area contributed by atoms with Crippen LogP contribution in [0.2, 0.25) is 0 Å². The minimum absolute atomic E-state index is 0.00597. The topological polar surface area (TPSA) is 75.6 Å². The molecule has 2 N–H and O–H groups in total. The Morgan fingerprint density at radius 1 is 1.29 bits per heavy atom. The maximum Gasteiger partial charge on any atom is 0.311 e. The fourth-order valence-electron chi connectivity index (χ4n) is 2.64. The highest BCUT2D eigenvalue weighted by molar-refractivity contribution is 5.83. The van der Waals surface area contributed by atoms with Crippen LogP contribution in [0.3, 0.4) is 0 Å². The molecular formula is C9H13NO4. The molecule has 0 spiro atoms. The molecule has 78 valence electrons. The van der Waals surface area contributed by atoms with Crippen molar-refractivity contribution in [1.29, 1.82) is 0 Å². The first-order chi connectivity index (χ1) is 6.65. The average Bonchev–Trinajstić information content (AvgIpc) is 2.74. The zero-order chi connectivity index (χ0) is 10.3. The van der Waals surface area contributed by atoms with Crippen molar-refractivity contribution in [2.24, 2.45) is 11.8 Å². The van der Waals surface area contributed by atoms with Crippen LogP contribution in [0, 0.1) is 11.8 Å². The highest BCUT2D eigenvalue weighted by atomic mass is 16.5. The van der Waals surface area contributed by atoms with E-state index in [2.05, 4.69) is 10.1 Å². The molecule has 4 atom stereocenters. The summed E-state index contributed by atoms with van der Waals surface area (Å²) < 4.78 is 4.62. The molecule has 14 heavy (non-hydrogen) atoms. The Bertz CT molecular complexity index is 278. The van der Waals surface area contributed by atoms with Gasteiger partial charge in [-0.3, -0.25) is 9.59 Å². The van der Waals surface area contributed by atoms with Gasteiger partial charge >= 0.3 is 11.9 Å². The molecule has 0 radical (unpaired) electrons. The number of methoxy groups -OCH3 is 1. The van der Waals surface area contributed by atoms with Crippen LogP contribution in [0.25, 0.3) is 0 Å². The maximum atomic E-state index is 11.4. The Morgan fingerprint density at radius 2 is 1.86 bits per heavy atom. The molecule has 2 bridgehead atoms. The van der Waals surface area contributed by atoms with Crippen molar-refractivity contribution < 1.29 is 19.4 Å². The molecule has 0 aromatic rings. The Labute approximate surface area is 81.4 Å². The van der Waals surface area contributed by atoms with Crippen LogP contribution in [0.4, 0.5) is 0 Å². The molecule has 5 heteroatoms. The first-order valence-corrected chi connectivity index (χ1v) is 4.72. The zero-order valence-electron chi connectivity index (χ0n) is 7.90. The first kappa shape index (κ1) is 9.45. The van der Waals surface area contributed by atoms with Crippen molar-refractivity contribution in [2.45, 2.75) is 24.9 Å². The standard InChI is InChI=1S/C9H13NO4/c1-14-9(13)7-5-3-2-4(10-5)6(7)8(11)12/h4-7,10H,2-3H2,1H3,(H,11,12)/t4-,5+,6-,7+/m1/s1. The predicted octanol–water partition coefficient (Wildman–Crippen LogP) is -0.389. The van der Waals surface area contributed by atoms with Gasteiger partial charge in [-0.05, 0) is 12.8 Å². The molecule has 2 rings (SSSR count). The third-order valence-corrected chi connectivity index (χ3v) is 3.23. The number of esters is 1. The van der Waals surface area contributed by atoms with Gasteiger partial charge < -0.3 is 15.2 Å². The number of rotatable bonds is 2. The Morgan fingerprint density at radius 3 is 2.36 bits per heavy atom. The Balaban J connectivity index is 2.21. The Kier molecular flexibility index (Phi) is 2.19. The van der Waals surface area contributed by atoms with E-state index in [0.29, 0.717) is 0 Å². The molecule has 2 aliphatic heterocycles. The fourth-order valence-corrected chi connectivity index (χ4v) is 2.64. The van der Waals surface area contributed by atoms with E-state index in [1.807, 2.05) is 0 Å². The molecule has 0 aromatic carbocycles. The van der Waals surface area contributed by atoms with E-state index in [9.17, 15) is 9.59 Å². The SMILES string of the molecule is COC(=O)[C@@H]1[C@H](C(=O)O)[C@H]2CC[C@@H]1N2. The monoisotopic (exact) mass is 199 g/mol. The minimum Gasteiger partial charge on any atom is -0.481 e. The van der Waals surface area contributed by atoms with Crippen LogP contribution < -0.4 is 5.32 Å². The number of hydrogen-bond donors (Lipinski definition) is 2. The van der Waals surface area contributed by atoms with Gasteiger partial charge in [0, 0.05) is 12.1 Å². The van der Waals surface area contributed by atoms with Gasteiger partial charge in [-0.2, -0.15) is 0 Å². The van der Waals surface area contributed by atoms with Gasteiger partial charge in [-0.25, -0.2) is 0 Å². The van der Waals surface area contributed by atoms with Crippen molar-refractivity contribution >= 4 is 11.9 Å².